The van der Waals surface area contributed by atoms with Crippen molar-refractivity contribution in [2.75, 3.05) is 5.32 Å². The van der Waals surface area contributed by atoms with Crippen LogP contribution in [0.3, 0.4) is 0 Å². The first kappa shape index (κ1) is 11.7. The van der Waals surface area contributed by atoms with E-state index >= 15 is 0 Å². The average molecular weight is 251 g/mol. The number of hydrogen-bond acceptors (Lipinski definition) is 3. The van der Waals surface area contributed by atoms with Crippen molar-refractivity contribution >= 4 is 23.5 Å². The maximum absolute atomic E-state index is 11.9. The van der Waals surface area contributed by atoms with Gasteiger partial charge in [0, 0.05) is 0 Å². The first-order valence-corrected chi connectivity index (χ1v) is 5.45. The van der Waals surface area contributed by atoms with Crippen LogP contribution in [-0.4, -0.2) is 10.9 Å². The Morgan fingerprint density at radius 3 is 2.65 bits per heavy atom. The van der Waals surface area contributed by atoms with E-state index in [4.69, 9.17) is 16.0 Å². The number of aryl methyl sites for hydroxylation is 2. The molecule has 4 nitrogen and oxygen atoms in total. The number of nitrogens with one attached hydrogen (secondary N) is 1. The quantitative estimate of drug-likeness (QED) is 0.891. The minimum absolute atomic E-state index is 0.185. The summed E-state index contributed by atoms with van der Waals surface area (Å²) in [5.41, 5.74) is 1.14. The fourth-order valence-electron chi connectivity index (χ4n) is 1.34. The van der Waals surface area contributed by atoms with Crippen LogP contribution in [0.1, 0.15) is 21.8 Å². The molecule has 5 heteroatoms. The van der Waals surface area contributed by atoms with Crippen LogP contribution in [0.5, 0.6) is 0 Å². The summed E-state index contributed by atoms with van der Waals surface area (Å²) in [5.74, 6) is 0.344. The van der Waals surface area contributed by atoms with Gasteiger partial charge in [-0.15, -0.1) is 0 Å². The van der Waals surface area contributed by atoms with Gasteiger partial charge in [-0.05, 0) is 26.0 Å². The van der Waals surface area contributed by atoms with Gasteiger partial charge in [0.2, 0.25) is 0 Å². The van der Waals surface area contributed by atoms with E-state index in [0.29, 0.717) is 16.3 Å². The van der Waals surface area contributed by atoms with E-state index in [1.807, 2.05) is 6.92 Å². The Hall–Kier alpha value is -1.81. The van der Waals surface area contributed by atoms with Gasteiger partial charge in [0.05, 0.1) is 16.3 Å². The lowest BCUT2D eigenvalue weighted by Gasteiger charge is -2.02. The Kier molecular flexibility index (Phi) is 3.15. The van der Waals surface area contributed by atoms with E-state index < -0.39 is 0 Å². The predicted octanol–water partition coefficient (Wildman–Crippen LogP) is 3.20. The Morgan fingerprint density at radius 2 is 2.06 bits per heavy atom. The molecule has 0 aliphatic heterocycles. The molecule has 0 atom stereocenters. The molecule has 0 saturated carbocycles. The fraction of sp³-hybridized carbons (Fsp3) is 0.167. The normalized spacial score (nSPS) is 10.3. The number of halogens is 1. The highest BCUT2D eigenvalue weighted by Crippen LogP contribution is 2.18. The summed E-state index contributed by atoms with van der Waals surface area (Å²) in [6.45, 7) is 3.59. The Morgan fingerprint density at radius 1 is 1.35 bits per heavy atom. The standard InChI is InChI=1S/C12H11ClN2O2/c1-7-8(2)17-12(14-7)15-11(16)9-5-3-4-6-10(9)13/h3-6H,1-2H3,(H,14,15,16). The minimum atomic E-state index is -0.336. The second-order valence-electron chi connectivity index (χ2n) is 3.59. The van der Waals surface area contributed by atoms with Crippen molar-refractivity contribution in [1.29, 1.82) is 0 Å². The van der Waals surface area contributed by atoms with Crippen LogP contribution in [0.25, 0.3) is 0 Å². The molecule has 0 aliphatic carbocycles. The van der Waals surface area contributed by atoms with Gasteiger partial charge in [-0.3, -0.25) is 10.1 Å². The Balaban J connectivity index is 2.20. The van der Waals surface area contributed by atoms with Gasteiger partial charge in [-0.1, -0.05) is 23.7 Å². The van der Waals surface area contributed by atoms with E-state index in [9.17, 15) is 4.79 Å². The first-order chi connectivity index (χ1) is 8.08. The third-order valence-electron chi connectivity index (χ3n) is 2.37. The molecule has 1 amide bonds. The second-order valence-corrected chi connectivity index (χ2v) is 4.00. The van der Waals surface area contributed by atoms with E-state index in [2.05, 4.69) is 10.3 Å². The van der Waals surface area contributed by atoms with Gasteiger partial charge >= 0.3 is 6.01 Å². The van der Waals surface area contributed by atoms with Gasteiger partial charge in [-0.2, -0.15) is 4.98 Å². The first-order valence-electron chi connectivity index (χ1n) is 5.08. The lowest BCUT2D eigenvalue weighted by molar-refractivity contribution is 0.102. The molecule has 1 aromatic carbocycles. The van der Waals surface area contributed by atoms with Crippen LogP contribution in [0.2, 0.25) is 5.02 Å². The SMILES string of the molecule is Cc1nc(NC(=O)c2ccccc2Cl)oc1C. The Bertz CT molecular complexity index is 544. The van der Waals surface area contributed by atoms with Crippen LogP contribution in [0.4, 0.5) is 6.01 Å². The molecule has 2 rings (SSSR count). The van der Waals surface area contributed by atoms with Crippen LogP contribution < -0.4 is 5.32 Å². The fourth-order valence-corrected chi connectivity index (χ4v) is 1.56. The van der Waals surface area contributed by atoms with E-state index in [-0.39, 0.29) is 11.9 Å². The number of rotatable bonds is 2. The van der Waals surface area contributed by atoms with Crippen molar-refractivity contribution in [2.24, 2.45) is 0 Å². The maximum atomic E-state index is 11.9. The topological polar surface area (TPSA) is 55.1 Å². The number of hydrogen-bond donors (Lipinski definition) is 1. The zero-order valence-corrected chi connectivity index (χ0v) is 10.2. The largest absolute Gasteiger partial charge is 0.428 e. The smallest absolute Gasteiger partial charge is 0.302 e. The molecular formula is C12H11ClN2O2. The molecule has 0 saturated heterocycles. The zero-order chi connectivity index (χ0) is 12.4. The predicted molar refractivity (Wildman–Crippen MR) is 65.4 cm³/mol. The summed E-state index contributed by atoms with van der Waals surface area (Å²) in [4.78, 5) is 15.9. The number of nitrogens with zero attached hydrogens (tertiary/aromatic N) is 1. The lowest BCUT2D eigenvalue weighted by Crippen LogP contribution is -2.12. The second kappa shape index (κ2) is 4.59. The van der Waals surface area contributed by atoms with Crippen LogP contribution in [0, 0.1) is 13.8 Å². The Labute approximate surface area is 104 Å². The van der Waals surface area contributed by atoms with E-state index in [1.165, 1.54) is 0 Å². The monoisotopic (exact) mass is 250 g/mol. The summed E-state index contributed by atoms with van der Waals surface area (Å²) in [6.07, 6.45) is 0. The highest BCUT2D eigenvalue weighted by Gasteiger charge is 2.13. The molecule has 1 N–H and O–H groups in total. The lowest BCUT2D eigenvalue weighted by atomic mass is 10.2. The molecule has 88 valence electrons. The van der Waals surface area contributed by atoms with Gasteiger partial charge in [0.25, 0.3) is 5.91 Å². The molecule has 1 aromatic heterocycles. The van der Waals surface area contributed by atoms with Crippen LogP contribution in [-0.2, 0) is 0 Å². The third kappa shape index (κ3) is 2.47. The number of aromatic nitrogens is 1. The number of anilines is 1. The molecule has 0 aliphatic rings. The van der Waals surface area contributed by atoms with Crippen molar-refractivity contribution in [3.05, 3.63) is 46.3 Å². The summed E-state index contributed by atoms with van der Waals surface area (Å²) in [7, 11) is 0. The maximum Gasteiger partial charge on any atom is 0.302 e. The molecule has 0 fully saturated rings. The van der Waals surface area contributed by atoms with Gasteiger partial charge < -0.3 is 4.42 Å². The van der Waals surface area contributed by atoms with E-state index in [1.54, 1.807) is 31.2 Å². The average Bonchev–Trinajstić information content (AvgIpc) is 2.58. The molecule has 0 bridgehead atoms. The molecule has 0 spiro atoms. The van der Waals surface area contributed by atoms with Gasteiger partial charge in [0.1, 0.15) is 5.76 Å². The highest BCUT2D eigenvalue weighted by atomic mass is 35.5. The minimum Gasteiger partial charge on any atom is -0.428 e. The van der Waals surface area contributed by atoms with E-state index in [0.717, 1.165) is 5.69 Å². The van der Waals surface area contributed by atoms with Crippen molar-refractivity contribution in [2.45, 2.75) is 13.8 Å². The van der Waals surface area contributed by atoms with Crippen LogP contribution >= 0.6 is 11.6 Å². The third-order valence-corrected chi connectivity index (χ3v) is 2.70. The zero-order valence-electron chi connectivity index (χ0n) is 9.45. The molecule has 0 radical (unpaired) electrons. The van der Waals surface area contributed by atoms with Gasteiger partial charge in [0.15, 0.2) is 0 Å². The van der Waals surface area contributed by atoms with Crippen molar-refractivity contribution in [3.63, 3.8) is 0 Å². The number of benzene rings is 1. The molecule has 2 aromatic rings. The summed E-state index contributed by atoms with van der Waals surface area (Å²) >= 11 is 5.91. The number of amides is 1. The molecule has 1 heterocycles. The number of carbonyl (C=O) groups excluding carboxylic acids is 1. The summed E-state index contributed by atoms with van der Waals surface area (Å²) in [5, 5.41) is 2.95. The number of oxazole rings is 1. The van der Waals surface area contributed by atoms with Crippen LogP contribution in [0.15, 0.2) is 28.7 Å². The summed E-state index contributed by atoms with van der Waals surface area (Å²) in [6, 6.07) is 6.98. The summed E-state index contributed by atoms with van der Waals surface area (Å²) < 4.78 is 5.26. The van der Waals surface area contributed by atoms with Gasteiger partial charge in [-0.25, -0.2) is 0 Å². The van der Waals surface area contributed by atoms with Crippen molar-refractivity contribution in [3.8, 4) is 0 Å². The van der Waals surface area contributed by atoms with Crippen molar-refractivity contribution in [1.82, 2.24) is 4.98 Å². The van der Waals surface area contributed by atoms with Crippen molar-refractivity contribution < 1.29 is 9.21 Å². The highest BCUT2D eigenvalue weighted by molar-refractivity contribution is 6.34. The molecular weight excluding hydrogens is 240 g/mol. The number of carbonyl (C=O) groups is 1. The molecule has 0 unspecified atom stereocenters. The molecule has 17 heavy (non-hydrogen) atoms.